The van der Waals surface area contributed by atoms with Gasteiger partial charge in [0.25, 0.3) is 0 Å². The predicted octanol–water partition coefficient (Wildman–Crippen LogP) is 3.88. The second-order valence-electron chi connectivity index (χ2n) is 6.01. The van der Waals surface area contributed by atoms with E-state index in [0.29, 0.717) is 0 Å². The molecule has 2 unspecified atom stereocenters. The Hall–Kier alpha value is -0.820. The smallest absolute Gasteiger partial charge is 0.0164 e. The van der Waals surface area contributed by atoms with Gasteiger partial charge in [0.2, 0.25) is 0 Å². The zero-order valence-corrected chi connectivity index (χ0v) is 11.5. The van der Waals surface area contributed by atoms with Crippen LogP contribution in [0.3, 0.4) is 0 Å². The fourth-order valence-corrected chi connectivity index (χ4v) is 3.57. The van der Waals surface area contributed by atoms with Gasteiger partial charge in [0, 0.05) is 6.04 Å². The van der Waals surface area contributed by atoms with Gasteiger partial charge in [0.05, 0.1) is 0 Å². The van der Waals surface area contributed by atoms with Gasteiger partial charge < -0.3 is 5.32 Å². The maximum atomic E-state index is 3.84. The van der Waals surface area contributed by atoms with E-state index in [-0.39, 0.29) is 0 Å². The molecule has 0 amide bonds. The third-order valence-corrected chi connectivity index (χ3v) is 4.61. The molecule has 1 fully saturated rings. The first-order valence-corrected chi connectivity index (χ1v) is 7.71. The summed E-state index contributed by atoms with van der Waals surface area (Å²) in [5.41, 5.74) is 3.25. The Morgan fingerprint density at radius 1 is 1.22 bits per heavy atom. The molecule has 1 aromatic rings. The fraction of sp³-hybridized carbons (Fsp3) is 0.647. The summed E-state index contributed by atoms with van der Waals surface area (Å²) in [6.07, 6.45) is 8.18. The molecule has 0 aromatic heterocycles. The van der Waals surface area contributed by atoms with Crippen LogP contribution in [0.2, 0.25) is 0 Å². The van der Waals surface area contributed by atoms with E-state index in [1.165, 1.54) is 45.1 Å². The summed E-state index contributed by atoms with van der Waals surface area (Å²) in [5, 5.41) is 3.84. The number of aryl methyl sites for hydroxylation is 1. The van der Waals surface area contributed by atoms with Crippen LogP contribution in [0, 0.1) is 5.92 Å². The highest BCUT2D eigenvalue weighted by Crippen LogP contribution is 2.43. The van der Waals surface area contributed by atoms with E-state index in [0.717, 1.165) is 17.9 Å². The predicted molar refractivity (Wildman–Crippen MR) is 76.9 cm³/mol. The number of fused-ring (bicyclic) bond motifs is 1. The quantitative estimate of drug-likeness (QED) is 0.827. The van der Waals surface area contributed by atoms with Crippen molar-refractivity contribution in [2.75, 3.05) is 6.54 Å². The number of hydrogen-bond acceptors (Lipinski definition) is 1. The van der Waals surface area contributed by atoms with E-state index in [1.807, 2.05) is 0 Å². The molecule has 0 spiro atoms. The van der Waals surface area contributed by atoms with Crippen LogP contribution in [-0.4, -0.2) is 12.6 Å². The van der Waals surface area contributed by atoms with Crippen molar-refractivity contribution < 1.29 is 0 Å². The van der Waals surface area contributed by atoms with Crippen molar-refractivity contribution in [1.82, 2.24) is 5.32 Å². The van der Waals surface area contributed by atoms with Crippen LogP contribution in [0.1, 0.15) is 56.1 Å². The topological polar surface area (TPSA) is 12.0 Å². The Kier molecular flexibility index (Phi) is 3.69. The molecule has 1 nitrogen and oxygen atoms in total. The second-order valence-corrected chi connectivity index (χ2v) is 6.01. The Morgan fingerprint density at radius 2 is 2.06 bits per heavy atom. The standard InChI is InChI=1S/C17H25N/c1-2-12-18-17(14-10-11-14)16-9-5-7-13-6-3-4-8-15(13)16/h3-4,6,8,14,16-18H,2,5,7,9-12H2,1H3. The number of rotatable bonds is 5. The SMILES string of the molecule is CCCNC(C1CC1)C1CCCc2ccccc21. The summed E-state index contributed by atoms with van der Waals surface area (Å²) in [4.78, 5) is 0. The van der Waals surface area contributed by atoms with Crippen molar-refractivity contribution in [3.8, 4) is 0 Å². The van der Waals surface area contributed by atoms with E-state index in [4.69, 9.17) is 0 Å². The summed E-state index contributed by atoms with van der Waals surface area (Å²) < 4.78 is 0. The van der Waals surface area contributed by atoms with Crippen molar-refractivity contribution >= 4 is 0 Å². The number of hydrogen-bond donors (Lipinski definition) is 1. The minimum atomic E-state index is 0.742. The van der Waals surface area contributed by atoms with Gasteiger partial charge in [0.1, 0.15) is 0 Å². The summed E-state index contributed by atoms with van der Waals surface area (Å²) in [5.74, 6) is 1.72. The van der Waals surface area contributed by atoms with Crippen LogP contribution in [0.4, 0.5) is 0 Å². The molecule has 0 aliphatic heterocycles. The van der Waals surface area contributed by atoms with Crippen molar-refractivity contribution in [2.24, 2.45) is 5.92 Å². The first-order chi connectivity index (χ1) is 8.90. The van der Waals surface area contributed by atoms with Gasteiger partial charge in [0.15, 0.2) is 0 Å². The number of benzene rings is 1. The summed E-state index contributed by atoms with van der Waals surface area (Å²) >= 11 is 0. The lowest BCUT2D eigenvalue weighted by Crippen LogP contribution is -2.38. The molecule has 3 rings (SSSR count). The highest BCUT2D eigenvalue weighted by atomic mass is 14.9. The molecule has 98 valence electrons. The minimum absolute atomic E-state index is 0.742. The monoisotopic (exact) mass is 243 g/mol. The molecule has 1 saturated carbocycles. The Balaban J connectivity index is 1.81. The molecule has 2 aliphatic carbocycles. The van der Waals surface area contributed by atoms with Crippen LogP contribution in [-0.2, 0) is 6.42 Å². The molecular weight excluding hydrogens is 218 g/mol. The van der Waals surface area contributed by atoms with E-state index in [2.05, 4.69) is 36.5 Å². The van der Waals surface area contributed by atoms with Crippen LogP contribution >= 0.6 is 0 Å². The Morgan fingerprint density at radius 3 is 2.83 bits per heavy atom. The average Bonchev–Trinajstić information content (AvgIpc) is 3.24. The molecule has 0 heterocycles. The summed E-state index contributed by atoms with van der Waals surface area (Å²) in [6.45, 7) is 3.45. The first kappa shape index (κ1) is 12.2. The number of nitrogens with one attached hydrogen (secondary N) is 1. The Bertz CT molecular complexity index is 394. The molecule has 1 heteroatoms. The molecular formula is C17H25N. The van der Waals surface area contributed by atoms with Gasteiger partial charge >= 0.3 is 0 Å². The highest BCUT2D eigenvalue weighted by Gasteiger charge is 2.38. The van der Waals surface area contributed by atoms with E-state index < -0.39 is 0 Å². The van der Waals surface area contributed by atoms with Gasteiger partial charge in [-0.15, -0.1) is 0 Å². The largest absolute Gasteiger partial charge is 0.313 e. The van der Waals surface area contributed by atoms with Crippen LogP contribution in [0.25, 0.3) is 0 Å². The van der Waals surface area contributed by atoms with Crippen molar-refractivity contribution in [3.05, 3.63) is 35.4 Å². The van der Waals surface area contributed by atoms with E-state index in [1.54, 1.807) is 11.1 Å². The van der Waals surface area contributed by atoms with E-state index >= 15 is 0 Å². The normalized spacial score (nSPS) is 24.6. The second kappa shape index (κ2) is 5.44. The Labute approximate surface area is 111 Å². The lowest BCUT2D eigenvalue weighted by molar-refractivity contribution is 0.359. The molecule has 2 aliphatic rings. The summed E-state index contributed by atoms with van der Waals surface area (Å²) in [6, 6.07) is 9.88. The van der Waals surface area contributed by atoms with Gasteiger partial charge in [-0.05, 0) is 68.0 Å². The van der Waals surface area contributed by atoms with Crippen molar-refractivity contribution in [1.29, 1.82) is 0 Å². The van der Waals surface area contributed by atoms with Crippen molar-refractivity contribution in [2.45, 2.75) is 57.4 Å². The average molecular weight is 243 g/mol. The van der Waals surface area contributed by atoms with Gasteiger partial charge in [-0.3, -0.25) is 0 Å². The van der Waals surface area contributed by atoms with Crippen LogP contribution < -0.4 is 5.32 Å². The van der Waals surface area contributed by atoms with Gasteiger partial charge in [-0.2, -0.15) is 0 Å². The lowest BCUT2D eigenvalue weighted by atomic mass is 9.77. The van der Waals surface area contributed by atoms with E-state index in [9.17, 15) is 0 Å². The lowest BCUT2D eigenvalue weighted by Gasteiger charge is -2.33. The maximum Gasteiger partial charge on any atom is 0.0164 e. The third-order valence-electron chi connectivity index (χ3n) is 4.61. The molecule has 0 saturated heterocycles. The molecule has 2 atom stereocenters. The van der Waals surface area contributed by atoms with Crippen LogP contribution in [0.5, 0.6) is 0 Å². The van der Waals surface area contributed by atoms with Gasteiger partial charge in [-0.1, -0.05) is 31.2 Å². The van der Waals surface area contributed by atoms with Crippen LogP contribution in [0.15, 0.2) is 24.3 Å². The molecule has 0 radical (unpaired) electrons. The van der Waals surface area contributed by atoms with Gasteiger partial charge in [-0.25, -0.2) is 0 Å². The first-order valence-electron chi connectivity index (χ1n) is 7.71. The zero-order valence-electron chi connectivity index (χ0n) is 11.5. The third kappa shape index (κ3) is 2.47. The maximum absolute atomic E-state index is 3.84. The molecule has 1 N–H and O–H groups in total. The highest BCUT2D eigenvalue weighted by molar-refractivity contribution is 5.34. The summed E-state index contributed by atoms with van der Waals surface area (Å²) in [7, 11) is 0. The fourth-order valence-electron chi connectivity index (χ4n) is 3.57. The minimum Gasteiger partial charge on any atom is -0.313 e. The zero-order chi connectivity index (χ0) is 12.4. The van der Waals surface area contributed by atoms with Crippen molar-refractivity contribution in [3.63, 3.8) is 0 Å². The molecule has 18 heavy (non-hydrogen) atoms. The molecule has 1 aromatic carbocycles. The molecule has 0 bridgehead atoms.